The molecule has 1 atom stereocenters. The molecule has 18 heavy (non-hydrogen) atoms. The zero-order valence-corrected chi connectivity index (χ0v) is 11.6. The Balaban J connectivity index is 2.97. The van der Waals surface area contributed by atoms with E-state index in [9.17, 15) is 4.79 Å². The van der Waals surface area contributed by atoms with Crippen LogP contribution in [-0.4, -0.2) is 11.4 Å². The van der Waals surface area contributed by atoms with E-state index >= 15 is 0 Å². The van der Waals surface area contributed by atoms with Crippen LogP contribution in [0.2, 0.25) is 0 Å². The third-order valence-electron chi connectivity index (χ3n) is 3.55. The van der Waals surface area contributed by atoms with Gasteiger partial charge < -0.3 is 11.1 Å². The first-order chi connectivity index (χ1) is 8.55. The van der Waals surface area contributed by atoms with Crippen LogP contribution in [0.5, 0.6) is 0 Å². The molecule has 0 spiro atoms. The number of rotatable bonds is 7. The van der Waals surface area contributed by atoms with Crippen LogP contribution in [0, 0.1) is 6.92 Å². The molecule has 1 aromatic carbocycles. The molecule has 0 aliphatic carbocycles. The molecule has 0 fully saturated rings. The minimum atomic E-state index is -0.623. The summed E-state index contributed by atoms with van der Waals surface area (Å²) in [4.78, 5) is 11.8. The Bertz CT molecular complexity index is 403. The second-order valence-electron chi connectivity index (χ2n) is 4.84. The SMILES string of the molecule is CCCCC(CC)(Nc1ccccc1C)C(N)=O. The molecule has 3 nitrogen and oxygen atoms in total. The number of carbonyl (C=O) groups is 1. The lowest BCUT2D eigenvalue weighted by atomic mass is 9.88. The minimum Gasteiger partial charge on any atom is -0.371 e. The van der Waals surface area contributed by atoms with Crippen molar-refractivity contribution in [3.63, 3.8) is 0 Å². The molecule has 1 unspecified atom stereocenters. The molecule has 0 saturated heterocycles. The molecule has 0 saturated carbocycles. The normalized spacial score (nSPS) is 13.9. The second kappa shape index (κ2) is 6.43. The number of anilines is 1. The summed E-state index contributed by atoms with van der Waals surface area (Å²) in [5, 5.41) is 3.37. The average Bonchev–Trinajstić information content (AvgIpc) is 2.36. The van der Waals surface area contributed by atoms with Gasteiger partial charge in [0, 0.05) is 5.69 Å². The van der Waals surface area contributed by atoms with Crippen molar-refractivity contribution < 1.29 is 4.79 Å². The number of primary amides is 1. The number of benzene rings is 1. The van der Waals surface area contributed by atoms with Gasteiger partial charge in [0.15, 0.2) is 0 Å². The number of carbonyl (C=O) groups excluding carboxylic acids is 1. The fourth-order valence-corrected chi connectivity index (χ4v) is 2.14. The van der Waals surface area contributed by atoms with Crippen LogP contribution < -0.4 is 11.1 Å². The molecule has 3 N–H and O–H groups in total. The van der Waals surface area contributed by atoms with Crippen molar-refractivity contribution in [2.45, 2.75) is 52.0 Å². The highest BCUT2D eigenvalue weighted by Gasteiger charge is 2.34. The average molecular weight is 248 g/mol. The minimum absolute atomic E-state index is 0.262. The van der Waals surface area contributed by atoms with Gasteiger partial charge in [-0.3, -0.25) is 4.79 Å². The summed E-state index contributed by atoms with van der Waals surface area (Å²) in [6.07, 6.45) is 3.54. The Morgan fingerprint density at radius 3 is 2.50 bits per heavy atom. The summed E-state index contributed by atoms with van der Waals surface area (Å²) in [5.41, 5.74) is 7.12. The number of aryl methyl sites for hydroxylation is 1. The summed E-state index contributed by atoms with van der Waals surface area (Å²) >= 11 is 0. The van der Waals surface area contributed by atoms with E-state index < -0.39 is 5.54 Å². The quantitative estimate of drug-likeness (QED) is 0.778. The Morgan fingerprint density at radius 1 is 1.33 bits per heavy atom. The number of hydrogen-bond acceptors (Lipinski definition) is 2. The van der Waals surface area contributed by atoms with Gasteiger partial charge in [0.2, 0.25) is 5.91 Å². The van der Waals surface area contributed by atoms with Gasteiger partial charge in [-0.15, -0.1) is 0 Å². The van der Waals surface area contributed by atoms with Crippen molar-refractivity contribution in [1.29, 1.82) is 0 Å². The van der Waals surface area contributed by atoms with Crippen LogP contribution in [0.15, 0.2) is 24.3 Å². The highest BCUT2D eigenvalue weighted by molar-refractivity contribution is 5.88. The standard InChI is InChI=1S/C15H24N2O/c1-4-6-11-15(5-2,14(16)18)17-13-10-8-7-9-12(13)3/h7-10,17H,4-6,11H2,1-3H3,(H2,16,18). The van der Waals surface area contributed by atoms with Crippen LogP contribution >= 0.6 is 0 Å². The monoisotopic (exact) mass is 248 g/mol. The molecular weight excluding hydrogens is 224 g/mol. The number of hydrogen-bond donors (Lipinski definition) is 2. The van der Waals surface area contributed by atoms with E-state index in [2.05, 4.69) is 12.2 Å². The maximum atomic E-state index is 11.8. The van der Waals surface area contributed by atoms with Gasteiger partial charge in [0.1, 0.15) is 5.54 Å². The molecule has 0 heterocycles. The highest BCUT2D eigenvalue weighted by Crippen LogP contribution is 2.26. The lowest BCUT2D eigenvalue weighted by Crippen LogP contribution is -2.50. The largest absolute Gasteiger partial charge is 0.371 e. The Labute approximate surface area is 110 Å². The third kappa shape index (κ3) is 3.25. The van der Waals surface area contributed by atoms with Crippen LogP contribution in [0.1, 0.15) is 45.1 Å². The molecule has 0 aliphatic heterocycles. The van der Waals surface area contributed by atoms with Gasteiger partial charge in [-0.2, -0.15) is 0 Å². The lowest BCUT2D eigenvalue weighted by molar-refractivity contribution is -0.122. The Kier molecular flexibility index (Phi) is 5.20. The number of nitrogens with two attached hydrogens (primary N) is 1. The molecule has 0 aromatic heterocycles. The van der Waals surface area contributed by atoms with Crippen molar-refractivity contribution in [3.05, 3.63) is 29.8 Å². The predicted molar refractivity (Wildman–Crippen MR) is 76.5 cm³/mol. The fourth-order valence-electron chi connectivity index (χ4n) is 2.14. The second-order valence-corrected chi connectivity index (χ2v) is 4.84. The molecule has 1 aromatic rings. The predicted octanol–water partition coefficient (Wildman–Crippen LogP) is 3.23. The first-order valence-corrected chi connectivity index (χ1v) is 6.69. The van der Waals surface area contributed by atoms with Crippen molar-refractivity contribution in [3.8, 4) is 0 Å². The molecule has 1 amide bonds. The van der Waals surface area contributed by atoms with Crippen molar-refractivity contribution in [2.24, 2.45) is 5.73 Å². The summed E-state index contributed by atoms with van der Waals surface area (Å²) in [6, 6.07) is 7.99. The van der Waals surface area contributed by atoms with E-state index in [0.717, 1.165) is 30.5 Å². The molecule has 0 aliphatic rings. The summed E-state index contributed by atoms with van der Waals surface area (Å²) in [5.74, 6) is -0.262. The smallest absolute Gasteiger partial charge is 0.243 e. The zero-order valence-electron chi connectivity index (χ0n) is 11.6. The maximum Gasteiger partial charge on any atom is 0.243 e. The van der Waals surface area contributed by atoms with Crippen LogP contribution in [0.25, 0.3) is 0 Å². The van der Waals surface area contributed by atoms with Crippen LogP contribution in [-0.2, 0) is 4.79 Å². The molecule has 1 rings (SSSR count). The first kappa shape index (κ1) is 14.6. The Hall–Kier alpha value is -1.51. The van der Waals surface area contributed by atoms with E-state index in [-0.39, 0.29) is 5.91 Å². The van der Waals surface area contributed by atoms with Crippen molar-refractivity contribution >= 4 is 11.6 Å². The molecule has 100 valence electrons. The van der Waals surface area contributed by atoms with Gasteiger partial charge in [-0.1, -0.05) is 44.9 Å². The van der Waals surface area contributed by atoms with Crippen molar-refractivity contribution in [2.75, 3.05) is 5.32 Å². The van der Waals surface area contributed by atoms with E-state index in [4.69, 9.17) is 5.73 Å². The van der Waals surface area contributed by atoms with Gasteiger partial charge in [-0.25, -0.2) is 0 Å². The van der Waals surface area contributed by atoms with Crippen LogP contribution in [0.3, 0.4) is 0 Å². The fraction of sp³-hybridized carbons (Fsp3) is 0.533. The Morgan fingerprint density at radius 2 is 2.00 bits per heavy atom. The van der Waals surface area contributed by atoms with E-state index in [1.165, 1.54) is 0 Å². The molecule has 3 heteroatoms. The number of para-hydroxylation sites is 1. The molecular formula is C15H24N2O. The summed E-state index contributed by atoms with van der Waals surface area (Å²) < 4.78 is 0. The molecule has 0 radical (unpaired) electrons. The van der Waals surface area contributed by atoms with Crippen LogP contribution in [0.4, 0.5) is 5.69 Å². The number of unbranched alkanes of at least 4 members (excludes halogenated alkanes) is 1. The van der Waals surface area contributed by atoms with Gasteiger partial charge in [-0.05, 0) is 31.4 Å². The highest BCUT2D eigenvalue weighted by atomic mass is 16.1. The first-order valence-electron chi connectivity index (χ1n) is 6.69. The topological polar surface area (TPSA) is 55.1 Å². The van der Waals surface area contributed by atoms with Gasteiger partial charge in [0.25, 0.3) is 0 Å². The van der Waals surface area contributed by atoms with E-state index in [1.807, 2.05) is 38.1 Å². The maximum absolute atomic E-state index is 11.8. The van der Waals surface area contributed by atoms with Gasteiger partial charge >= 0.3 is 0 Å². The van der Waals surface area contributed by atoms with E-state index in [1.54, 1.807) is 0 Å². The number of amides is 1. The van der Waals surface area contributed by atoms with Gasteiger partial charge in [0.05, 0.1) is 0 Å². The number of nitrogens with one attached hydrogen (secondary N) is 1. The molecule has 0 bridgehead atoms. The third-order valence-corrected chi connectivity index (χ3v) is 3.55. The lowest BCUT2D eigenvalue weighted by Gasteiger charge is -2.32. The van der Waals surface area contributed by atoms with E-state index in [0.29, 0.717) is 6.42 Å². The summed E-state index contributed by atoms with van der Waals surface area (Å²) in [7, 11) is 0. The zero-order chi connectivity index (χ0) is 13.6. The van der Waals surface area contributed by atoms with Crippen molar-refractivity contribution in [1.82, 2.24) is 0 Å². The summed E-state index contributed by atoms with van der Waals surface area (Å²) in [6.45, 7) is 6.16.